The van der Waals surface area contributed by atoms with Gasteiger partial charge in [-0.3, -0.25) is 14.9 Å². The molecule has 1 heterocycles. The van der Waals surface area contributed by atoms with Crippen LogP contribution in [0.5, 0.6) is 17.2 Å². The van der Waals surface area contributed by atoms with E-state index >= 15 is 0 Å². The van der Waals surface area contributed by atoms with E-state index in [2.05, 4.69) is 0 Å². The number of nitrogens with zero attached hydrogens (tertiary/aromatic N) is 1. The summed E-state index contributed by atoms with van der Waals surface area (Å²) in [5.74, 6) is -1.44. The number of hydrogen-bond donors (Lipinski definition) is 2. The fourth-order valence-corrected chi connectivity index (χ4v) is 2.95. The Morgan fingerprint density at radius 1 is 1.12 bits per heavy atom. The topological polar surface area (TPSA) is 110 Å². The Morgan fingerprint density at radius 2 is 1.75 bits per heavy atom. The van der Waals surface area contributed by atoms with Gasteiger partial charge in [-0.1, -0.05) is 18.2 Å². The Labute approximate surface area is 137 Å². The van der Waals surface area contributed by atoms with Crippen LogP contribution in [0.1, 0.15) is 33.5 Å². The van der Waals surface area contributed by atoms with Gasteiger partial charge in [0.05, 0.1) is 10.5 Å². The second kappa shape index (κ2) is 5.23. The molecule has 0 saturated carbocycles. The minimum atomic E-state index is -2.09. The van der Waals surface area contributed by atoms with Gasteiger partial charge in [-0.15, -0.1) is 0 Å². The van der Waals surface area contributed by atoms with E-state index in [9.17, 15) is 25.1 Å². The van der Waals surface area contributed by atoms with E-state index in [1.54, 1.807) is 18.2 Å². The second-order valence-electron chi connectivity index (χ2n) is 5.76. The van der Waals surface area contributed by atoms with Gasteiger partial charge in [0, 0.05) is 11.1 Å². The van der Waals surface area contributed by atoms with Crippen LogP contribution >= 0.6 is 0 Å². The summed E-state index contributed by atoms with van der Waals surface area (Å²) in [6.45, 7) is 2.94. The number of ketones is 1. The van der Waals surface area contributed by atoms with Gasteiger partial charge in [0.1, 0.15) is 29.2 Å². The molecule has 2 N–H and O–H groups in total. The normalized spacial score (nSPS) is 19.5. The first-order valence-electron chi connectivity index (χ1n) is 7.27. The first-order valence-corrected chi connectivity index (χ1v) is 7.27. The van der Waals surface area contributed by atoms with Crippen molar-refractivity contribution in [2.24, 2.45) is 0 Å². The summed E-state index contributed by atoms with van der Waals surface area (Å²) < 4.78 is 5.64. The average molecular weight is 329 g/mol. The fourth-order valence-electron chi connectivity index (χ4n) is 2.95. The Kier molecular flexibility index (Phi) is 3.44. The first kappa shape index (κ1) is 15.8. The van der Waals surface area contributed by atoms with Crippen molar-refractivity contribution in [3.05, 3.63) is 62.7 Å². The Bertz CT molecular complexity index is 861. The predicted molar refractivity (Wildman–Crippen MR) is 83.9 cm³/mol. The van der Waals surface area contributed by atoms with Crippen molar-refractivity contribution in [2.45, 2.75) is 26.0 Å². The zero-order valence-corrected chi connectivity index (χ0v) is 13.1. The monoisotopic (exact) mass is 329 g/mol. The molecule has 0 amide bonds. The number of carbonyl (C=O) groups is 1. The van der Waals surface area contributed by atoms with E-state index in [1.807, 2.05) is 0 Å². The summed E-state index contributed by atoms with van der Waals surface area (Å²) in [7, 11) is 0. The lowest BCUT2D eigenvalue weighted by Gasteiger charge is -2.32. The van der Waals surface area contributed by atoms with Crippen LogP contribution in [0, 0.1) is 24.0 Å². The summed E-state index contributed by atoms with van der Waals surface area (Å²) >= 11 is 0. The largest absolute Gasteiger partial charge is 0.507 e. The highest BCUT2D eigenvalue weighted by atomic mass is 16.7. The molecule has 3 rings (SSSR count). The number of fused-ring (bicyclic) bond motifs is 1. The molecule has 0 bridgehead atoms. The lowest BCUT2D eigenvalue weighted by Crippen LogP contribution is -2.46. The molecule has 2 aromatic carbocycles. The highest BCUT2D eigenvalue weighted by Gasteiger charge is 2.54. The molecule has 2 aromatic rings. The van der Waals surface area contributed by atoms with Gasteiger partial charge in [-0.25, -0.2) is 0 Å². The second-order valence-corrected chi connectivity index (χ2v) is 5.76. The van der Waals surface area contributed by atoms with Crippen LogP contribution in [0.3, 0.4) is 0 Å². The van der Waals surface area contributed by atoms with E-state index in [1.165, 1.54) is 26.0 Å². The summed E-state index contributed by atoms with van der Waals surface area (Å²) in [5, 5.41) is 32.0. The van der Waals surface area contributed by atoms with E-state index in [0.29, 0.717) is 0 Å². The minimum absolute atomic E-state index is 0.129. The number of Topliss-reactive ketones (excluding diaryl/α,β-unsaturated/α-hetero) is 1. The molecule has 1 aliphatic heterocycles. The molecule has 24 heavy (non-hydrogen) atoms. The molecule has 7 heteroatoms. The number of ether oxygens (including phenoxy) is 1. The number of phenolic OH excluding ortho intramolecular Hbond substituents is 2. The van der Waals surface area contributed by atoms with Crippen molar-refractivity contribution < 1.29 is 24.7 Å². The third-order valence-corrected chi connectivity index (χ3v) is 4.34. The lowest BCUT2D eigenvalue weighted by molar-refractivity contribution is -0.626. The summed E-state index contributed by atoms with van der Waals surface area (Å²) in [6, 6.07) is 7.93. The van der Waals surface area contributed by atoms with Crippen LogP contribution in [0.4, 0.5) is 0 Å². The van der Waals surface area contributed by atoms with Gasteiger partial charge in [0.25, 0.3) is 0 Å². The molecule has 0 spiro atoms. The quantitative estimate of drug-likeness (QED) is 0.647. The Morgan fingerprint density at radius 3 is 2.33 bits per heavy atom. The van der Waals surface area contributed by atoms with Crippen molar-refractivity contribution in [3.63, 3.8) is 0 Å². The van der Waals surface area contributed by atoms with Crippen LogP contribution in [0.15, 0.2) is 30.3 Å². The molecule has 1 unspecified atom stereocenters. The van der Waals surface area contributed by atoms with Gasteiger partial charge in [-0.2, -0.15) is 0 Å². The highest BCUT2D eigenvalue weighted by molar-refractivity contribution is 6.04. The van der Waals surface area contributed by atoms with E-state index in [-0.39, 0.29) is 33.8 Å². The molecule has 1 atom stereocenters. The van der Waals surface area contributed by atoms with Crippen LogP contribution < -0.4 is 4.74 Å². The van der Waals surface area contributed by atoms with Crippen molar-refractivity contribution >= 4 is 5.78 Å². The Hall–Kier alpha value is -3.09. The average Bonchev–Trinajstić information content (AvgIpc) is 2.57. The van der Waals surface area contributed by atoms with Gasteiger partial charge in [0.2, 0.25) is 0 Å². The SMILES string of the molecule is Cc1c(O)c(C)c2c(c1O)C(=O)CC(c1ccccc1)([N+](=O)[O-])O2. The fraction of sp³-hybridized carbons (Fsp3) is 0.235. The maximum Gasteiger partial charge on any atom is 0.397 e. The van der Waals surface area contributed by atoms with E-state index in [0.717, 1.165) is 0 Å². The van der Waals surface area contributed by atoms with Crippen LogP contribution in [-0.2, 0) is 5.72 Å². The number of hydrogen-bond acceptors (Lipinski definition) is 6. The lowest BCUT2D eigenvalue weighted by atomic mass is 9.88. The predicted octanol–water partition coefficient (Wildman–Crippen LogP) is 2.81. The maximum atomic E-state index is 12.6. The summed E-state index contributed by atoms with van der Waals surface area (Å²) in [4.78, 5) is 23.7. The molecule has 0 radical (unpaired) electrons. The van der Waals surface area contributed by atoms with Crippen LogP contribution in [-0.4, -0.2) is 20.9 Å². The standard InChI is InChI=1S/C17H15NO6/c1-9-14(20)10(2)16-13(15(9)21)12(19)8-17(24-16,18(22)23)11-6-4-3-5-7-11/h3-7,20-21H,8H2,1-2H3. The molecule has 0 aliphatic carbocycles. The molecule has 124 valence electrons. The first-order chi connectivity index (χ1) is 11.3. The number of aromatic hydroxyl groups is 2. The minimum Gasteiger partial charge on any atom is -0.507 e. The van der Waals surface area contributed by atoms with Gasteiger partial charge in [-0.05, 0) is 26.0 Å². The molecular formula is C17H15NO6. The van der Waals surface area contributed by atoms with Crippen molar-refractivity contribution in [1.82, 2.24) is 0 Å². The van der Waals surface area contributed by atoms with Gasteiger partial charge < -0.3 is 14.9 Å². The zero-order chi connectivity index (χ0) is 17.6. The third-order valence-electron chi connectivity index (χ3n) is 4.34. The van der Waals surface area contributed by atoms with Crippen molar-refractivity contribution in [3.8, 4) is 17.2 Å². The van der Waals surface area contributed by atoms with Crippen LogP contribution in [0.2, 0.25) is 0 Å². The van der Waals surface area contributed by atoms with Gasteiger partial charge >= 0.3 is 5.72 Å². The Balaban J connectivity index is 2.29. The molecular weight excluding hydrogens is 314 g/mol. The summed E-state index contributed by atoms with van der Waals surface area (Å²) in [6.07, 6.45) is -0.547. The summed E-state index contributed by atoms with van der Waals surface area (Å²) in [5.41, 5.74) is -1.69. The highest BCUT2D eigenvalue weighted by Crippen LogP contribution is 2.49. The van der Waals surface area contributed by atoms with E-state index < -0.39 is 28.6 Å². The zero-order valence-electron chi connectivity index (χ0n) is 13.1. The molecule has 7 nitrogen and oxygen atoms in total. The molecule has 1 aliphatic rings. The molecule has 0 saturated heterocycles. The molecule has 0 aromatic heterocycles. The van der Waals surface area contributed by atoms with Gasteiger partial charge in [0.15, 0.2) is 5.78 Å². The number of benzene rings is 2. The number of rotatable bonds is 2. The van der Waals surface area contributed by atoms with Crippen molar-refractivity contribution in [2.75, 3.05) is 0 Å². The number of carbonyl (C=O) groups excluding carboxylic acids is 1. The number of nitro groups is 1. The maximum absolute atomic E-state index is 12.6. The molecule has 0 fully saturated rings. The van der Waals surface area contributed by atoms with E-state index in [4.69, 9.17) is 4.74 Å². The number of phenols is 2. The van der Waals surface area contributed by atoms with Crippen LogP contribution in [0.25, 0.3) is 0 Å². The third kappa shape index (κ3) is 2.01. The van der Waals surface area contributed by atoms with Crippen molar-refractivity contribution in [1.29, 1.82) is 0 Å². The smallest absolute Gasteiger partial charge is 0.397 e.